The quantitative estimate of drug-likeness (QED) is 0.158. The van der Waals surface area contributed by atoms with Gasteiger partial charge in [-0.3, -0.25) is 33.6 Å². The first-order chi connectivity index (χ1) is 21.8. The van der Waals surface area contributed by atoms with Gasteiger partial charge in [0.2, 0.25) is 0 Å². The number of aromatic nitrogens is 4. The first-order valence-corrected chi connectivity index (χ1v) is 15.9. The molecule has 0 amide bonds. The van der Waals surface area contributed by atoms with E-state index in [4.69, 9.17) is 18.5 Å². The highest BCUT2D eigenvalue weighted by molar-refractivity contribution is 7.52. The molecule has 0 saturated carbocycles. The van der Waals surface area contributed by atoms with Crippen molar-refractivity contribution in [2.75, 3.05) is 6.61 Å². The highest BCUT2D eigenvalue weighted by Gasteiger charge is 2.56. The fraction of sp³-hybridized carbons (Fsp3) is 0.367. The number of fused-ring (bicyclic) bond motifs is 1. The summed E-state index contributed by atoms with van der Waals surface area (Å²) in [5.41, 5.74) is -1.96. The molecule has 1 unspecified atom stereocenters. The predicted octanol–water partition coefficient (Wildman–Crippen LogP) is 3.27. The number of aliphatic hydroxyl groups excluding tert-OH is 1. The van der Waals surface area contributed by atoms with E-state index in [1.807, 2.05) is 4.98 Å². The van der Waals surface area contributed by atoms with Crippen LogP contribution in [0.1, 0.15) is 33.9 Å². The molecule has 0 radical (unpaired) electrons. The molecule has 1 aliphatic rings. The zero-order chi connectivity index (χ0) is 33.2. The number of alkyl halides is 1. The first-order valence-electron chi connectivity index (χ1n) is 14.3. The lowest BCUT2D eigenvalue weighted by molar-refractivity contribution is -0.149. The summed E-state index contributed by atoms with van der Waals surface area (Å²) in [7, 11) is -4.55. The third-order valence-electron chi connectivity index (χ3n) is 7.18. The SMILES string of the molecule is CC(C)OC(=O)[C@H](C)NP(=O)(OC[C@H]1O[C@@H](n2ccc(=O)[nH]c2=O)[C@](C)(F)[C@@H]1O)Oc1ccccc1-c1cccc2nccnc12. The Morgan fingerprint density at radius 2 is 1.85 bits per heavy atom. The van der Waals surface area contributed by atoms with Gasteiger partial charge in [0.15, 0.2) is 11.9 Å². The molecule has 0 bridgehead atoms. The molecule has 6 atom stereocenters. The van der Waals surface area contributed by atoms with Gasteiger partial charge in [0.05, 0.1) is 23.7 Å². The largest absolute Gasteiger partial charge is 0.462 e. The second-order valence-corrected chi connectivity index (χ2v) is 12.8. The minimum absolute atomic E-state index is 0.0850. The van der Waals surface area contributed by atoms with E-state index in [-0.39, 0.29) is 5.75 Å². The number of halogens is 1. The molecule has 46 heavy (non-hydrogen) atoms. The van der Waals surface area contributed by atoms with Crippen molar-refractivity contribution in [3.8, 4) is 16.9 Å². The molecule has 3 N–H and O–H groups in total. The van der Waals surface area contributed by atoms with Gasteiger partial charge in [0.1, 0.15) is 24.0 Å². The predicted molar refractivity (Wildman–Crippen MR) is 164 cm³/mol. The number of carbonyl (C=O) groups excluding carboxylic acids is 1. The molecule has 1 fully saturated rings. The zero-order valence-electron chi connectivity index (χ0n) is 25.3. The highest BCUT2D eigenvalue weighted by atomic mass is 31.2. The number of aliphatic hydroxyl groups is 1. The van der Waals surface area contributed by atoms with Crippen LogP contribution in [0.3, 0.4) is 0 Å². The molecule has 14 nitrogen and oxygen atoms in total. The van der Waals surface area contributed by atoms with Gasteiger partial charge in [-0.05, 0) is 39.8 Å². The van der Waals surface area contributed by atoms with Gasteiger partial charge in [-0.25, -0.2) is 13.8 Å². The molecule has 3 heterocycles. The van der Waals surface area contributed by atoms with Gasteiger partial charge in [-0.2, -0.15) is 5.09 Å². The Morgan fingerprint density at radius 3 is 2.59 bits per heavy atom. The van der Waals surface area contributed by atoms with Crippen LogP contribution < -0.4 is 20.9 Å². The molecule has 244 valence electrons. The summed E-state index contributed by atoms with van der Waals surface area (Å²) in [5.74, 6) is -0.659. The average molecular weight is 658 g/mol. The molecule has 4 aromatic rings. The number of nitrogens with zero attached hydrogens (tertiary/aromatic N) is 3. The first kappa shape index (κ1) is 33.1. The number of para-hydroxylation sites is 2. The Balaban J connectivity index is 1.46. The third kappa shape index (κ3) is 6.93. The Bertz CT molecular complexity index is 1890. The van der Waals surface area contributed by atoms with E-state index in [1.165, 1.54) is 19.2 Å². The lowest BCUT2D eigenvalue weighted by Crippen LogP contribution is -2.43. The number of esters is 1. The average Bonchev–Trinajstić information content (AvgIpc) is 3.23. The van der Waals surface area contributed by atoms with E-state index >= 15 is 4.39 Å². The van der Waals surface area contributed by atoms with E-state index in [9.17, 15) is 24.1 Å². The summed E-state index contributed by atoms with van der Waals surface area (Å²) in [6.45, 7) is 5.01. The highest BCUT2D eigenvalue weighted by Crippen LogP contribution is 2.49. The maximum absolute atomic E-state index is 15.8. The van der Waals surface area contributed by atoms with Crippen LogP contribution in [-0.4, -0.2) is 67.2 Å². The van der Waals surface area contributed by atoms with Crippen LogP contribution in [0, 0.1) is 0 Å². The van der Waals surface area contributed by atoms with Crippen LogP contribution in [0.15, 0.2) is 76.7 Å². The lowest BCUT2D eigenvalue weighted by atomic mass is 9.98. The van der Waals surface area contributed by atoms with E-state index in [2.05, 4.69) is 15.1 Å². The second-order valence-electron chi connectivity index (χ2n) is 11.1. The van der Waals surface area contributed by atoms with Gasteiger partial charge >= 0.3 is 19.4 Å². The van der Waals surface area contributed by atoms with Gasteiger partial charge in [-0.1, -0.05) is 30.3 Å². The number of benzene rings is 2. The molecule has 16 heteroatoms. The van der Waals surface area contributed by atoms with Crippen LogP contribution in [-0.2, 0) is 23.4 Å². The van der Waals surface area contributed by atoms with Crippen LogP contribution in [0.25, 0.3) is 22.2 Å². The maximum Gasteiger partial charge on any atom is 0.459 e. The number of ether oxygens (including phenoxy) is 2. The summed E-state index contributed by atoms with van der Waals surface area (Å²) in [5, 5.41) is 13.4. The number of nitrogens with one attached hydrogen (secondary N) is 2. The molecule has 0 aliphatic carbocycles. The van der Waals surface area contributed by atoms with Crippen molar-refractivity contribution in [1.29, 1.82) is 0 Å². The summed E-state index contributed by atoms with van der Waals surface area (Å²) < 4.78 is 53.6. The standard InChI is InChI=1S/C30H33FN5O9P/c1-17(2)43-27(39)18(3)35-46(41,42-16-23-26(38)30(4,31)28(44-23)36-15-12-24(37)34-29(36)40)45-22-11-6-5-8-19(22)20-9-7-10-21-25(20)33-14-13-32-21/h5-15,17-18,23,26,28,38H,16H2,1-4H3,(H,35,41)(H,34,37,40)/t18-,23+,26+,28+,30+,46?/m0/s1. The van der Waals surface area contributed by atoms with Gasteiger partial charge < -0.3 is 19.1 Å². The van der Waals surface area contributed by atoms with Crippen molar-refractivity contribution in [2.45, 2.75) is 63.9 Å². The maximum atomic E-state index is 15.8. The number of rotatable bonds is 11. The number of hydrogen-bond acceptors (Lipinski definition) is 11. The molecule has 5 rings (SSSR count). The molecule has 0 spiro atoms. The van der Waals surface area contributed by atoms with Crippen LogP contribution in [0.5, 0.6) is 5.75 Å². The van der Waals surface area contributed by atoms with Crippen LogP contribution >= 0.6 is 7.75 Å². The van der Waals surface area contributed by atoms with E-state index in [0.29, 0.717) is 22.2 Å². The minimum Gasteiger partial charge on any atom is -0.462 e. The van der Waals surface area contributed by atoms with E-state index in [0.717, 1.165) is 23.8 Å². The Kier molecular flexibility index (Phi) is 9.52. The van der Waals surface area contributed by atoms with Crippen molar-refractivity contribution in [1.82, 2.24) is 24.6 Å². The molecule has 2 aromatic carbocycles. The van der Waals surface area contributed by atoms with Crippen LogP contribution in [0.2, 0.25) is 0 Å². The van der Waals surface area contributed by atoms with Crippen molar-refractivity contribution in [3.63, 3.8) is 0 Å². The van der Waals surface area contributed by atoms with E-state index in [1.54, 1.807) is 56.4 Å². The van der Waals surface area contributed by atoms with Crippen molar-refractivity contribution < 1.29 is 37.4 Å². The Labute approximate surface area is 262 Å². The Hall–Kier alpha value is -4.27. The summed E-state index contributed by atoms with van der Waals surface area (Å²) in [6, 6.07) is 11.8. The van der Waals surface area contributed by atoms with Crippen molar-refractivity contribution >= 4 is 24.7 Å². The monoisotopic (exact) mass is 657 g/mol. The summed E-state index contributed by atoms with van der Waals surface area (Å²) in [4.78, 5) is 47.3. The molecular weight excluding hydrogens is 624 g/mol. The minimum atomic E-state index is -4.55. The normalized spacial score (nSPS) is 23.2. The van der Waals surface area contributed by atoms with Crippen molar-refractivity contribution in [2.24, 2.45) is 0 Å². The summed E-state index contributed by atoms with van der Waals surface area (Å²) in [6.07, 6.45) is -1.34. The lowest BCUT2D eigenvalue weighted by Gasteiger charge is -2.26. The van der Waals surface area contributed by atoms with Gasteiger partial charge in [0, 0.05) is 35.8 Å². The Morgan fingerprint density at radius 1 is 1.13 bits per heavy atom. The molecular formula is C30H33FN5O9P. The number of aromatic amines is 1. The van der Waals surface area contributed by atoms with Gasteiger partial charge in [-0.15, -0.1) is 0 Å². The number of carbonyl (C=O) groups is 1. The second kappa shape index (κ2) is 13.2. The van der Waals surface area contributed by atoms with Crippen molar-refractivity contribution in [3.05, 3.63) is 88.0 Å². The van der Waals surface area contributed by atoms with Gasteiger partial charge in [0.25, 0.3) is 5.56 Å². The topological polar surface area (TPSA) is 184 Å². The molecule has 1 aliphatic heterocycles. The fourth-order valence-electron chi connectivity index (χ4n) is 4.96. The third-order valence-corrected chi connectivity index (χ3v) is 8.81. The molecule has 2 aromatic heterocycles. The smallest absolute Gasteiger partial charge is 0.459 e. The summed E-state index contributed by atoms with van der Waals surface area (Å²) >= 11 is 0. The van der Waals surface area contributed by atoms with E-state index < -0.39 is 67.8 Å². The molecule has 1 saturated heterocycles. The number of hydrogen-bond donors (Lipinski definition) is 3. The van der Waals surface area contributed by atoms with Crippen LogP contribution in [0.4, 0.5) is 4.39 Å². The fourth-order valence-corrected chi connectivity index (χ4v) is 6.48. The number of H-pyrrole nitrogens is 1. The zero-order valence-corrected chi connectivity index (χ0v) is 26.2.